The molecule has 0 saturated carbocycles. The molecule has 0 atom stereocenters. The summed E-state index contributed by atoms with van der Waals surface area (Å²) < 4.78 is 40.7. The second-order valence-electron chi connectivity index (χ2n) is 4.02. The minimum atomic E-state index is -4.55. The number of carbonyl (C=O) groups is 1. The van der Waals surface area contributed by atoms with E-state index in [1.54, 1.807) is 12.2 Å². The van der Waals surface area contributed by atoms with Crippen molar-refractivity contribution in [1.29, 1.82) is 0 Å². The number of hydrogen-bond donors (Lipinski definition) is 1. The Balaban J connectivity index is 2.54. The summed E-state index contributed by atoms with van der Waals surface area (Å²) in [5.74, 6) is -1.36. The molecule has 1 heterocycles. The summed E-state index contributed by atoms with van der Waals surface area (Å²) in [4.78, 5) is 11.1. The van der Waals surface area contributed by atoms with Gasteiger partial charge in [-0.3, -0.25) is 0 Å². The predicted octanol–water partition coefficient (Wildman–Crippen LogP) is 2.88. The molecule has 0 radical (unpaired) electrons. The number of carboxylic acid groups (broad SMARTS) is 1. The summed E-state index contributed by atoms with van der Waals surface area (Å²) in [6, 6.07) is 2.85. The van der Waals surface area contributed by atoms with Crippen molar-refractivity contribution >= 4 is 42.3 Å². The fourth-order valence-corrected chi connectivity index (χ4v) is 9.48. The fourth-order valence-electron chi connectivity index (χ4n) is 1.90. The van der Waals surface area contributed by atoms with E-state index in [0.29, 0.717) is 12.2 Å². The molecular weight excluding hydrogens is 383 g/mol. The Bertz CT molecular complexity index is 593. The maximum absolute atomic E-state index is 12.6. The molecule has 19 heavy (non-hydrogen) atoms. The first-order chi connectivity index (χ1) is 8.80. The van der Waals surface area contributed by atoms with Gasteiger partial charge in [-0.1, -0.05) is 0 Å². The van der Waals surface area contributed by atoms with Gasteiger partial charge in [-0.2, -0.15) is 0 Å². The van der Waals surface area contributed by atoms with Gasteiger partial charge in [-0.05, 0) is 0 Å². The normalized spacial score (nSPS) is 14.7. The van der Waals surface area contributed by atoms with Gasteiger partial charge in [-0.25, -0.2) is 0 Å². The van der Waals surface area contributed by atoms with Gasteiger partial charge < -0.3 is 0 Å². The molecule has 7 heteroatoms. The first-order valence-electron chi connectivity index (χ1n) is 5.29. The van der Waals surface area contributed by atoms with Crippen molar-refractivity contribution in [3.63, 3.8) is 0 Å². The Morgan fingerprint density at radius 3 is 2.47 bits per heavy atom. The van der Waals surface area contributed by atoms with Crippen LogP contribution in [0.2, 0.25) is 0 Å². The van der Waals surface area contributed by atoms with E-state index in [1.165, 1.54) is 6.07 Å². The quantitative estimate of drug-likeness (QED) is 0.843. The van der Waals surface area contributed by atoms with Gasteiger partial charge in [0.1, 0.15) is 0 Å². The molecule has 0 fully saturated rings. The van der Waals surface area contributed by atoms with Crippen LogP contribution in [-0.2, 0) is 6.18 Å². The molecular formula is C12H7ClF3InO2. The standard InChI is InChI=1S/C8H4F3O2.C4H3Cl.In/c9-8(10,11)6-3-1-2-5(4-6)7(12)13;1-2-3-4-5;/h1,3-4H,(H,12,13);1-3H;. The predicted molar refractivity (Wildman–Crippen MR) is 66.9 cm³/mol. The first-order valence-corrected chi connectivity index (χ1v) is 10.9. The zero-order chi connectivity index (χ0) is 14.2. The summed E-state index contributed by atoms with van der Waals surface area (Å²) in [6.45, 7) is 0. The van der Waals surface area contributed by atoms with Crippen LogP contribution in [0.1, 0.15) is 15.9 Å². The maximum atomic E-state index is 12.6. The monoisotopic (exact) mass is 390 g/mol. The van der Waals surface area contributed by atoms with Gasteiger partial charge in [0, 0.05) is 0 Å². The van der Waals surface area contributed by atoms with Gasteiger partial charge in [0.2, 0.25) is 0 Å². The van der Waals surface area contributed by atoms with Gasteiger partial charge in [-0.15, -0.1) is 0 Å². The van der Waals surface area contributed by atoms with Crippen molar-refractivity contribution in [2.45, 2.75) is 6.18 Å². The summed E-state index contributed by atoms with van der Waals surface area (Å²) in [5.41, 5.74) is -1.25. The summed E-state index contributed by atoms with van der Waals surface area (Å²) in [5, 5.41) is 9.08. The van der Waals surface area contributed by atoms with Gasteiger partial charge >= 0.3 is 120 Å². The second kappa shape index (κ2) is 5.25. The third-order valence-corrected chi connectivity index (χ3v) is 11.8. The summed E-state index contributed by atoms with van der Waals surface area (Å²) in [7, 11) is 0. The number of benzene rings is 1. The zero-order valence-corrected chi connectivity index (χ0v) is 13.5. The molecule has 0 aromatic heterocycles. The molecule has 0 bridgehead atoms. The summed E-state index contributed by atoms with van der Waals surface area (Å²) in [6.07, 6.45) is -1.15. The van der Waals surface area contributed by atoms with E-state index in [9.17, 15) is 18.0 Å². The van der Waals surface area contributed by atoms with Gasteiger partial charge in [0.15, 0.2) is 0 Å². The molecule has 2 nitrogen and oxygen atoms in total. The number of carboxylic acids is 1. The molecule has 0 saturated heterocycles. The van der Waals surface area contributed by atoms with Crippen molar-refractivity contribution in [3.05, 3.63) is 48.1 Å². The first kappa shape index (κ1) is 14.5. The van der Waals surface area contributed by atoms with Gasteiger partial charge in [0.05, 0.1) is 0 Å². The van der Waals surface area contributed by atoms with Crippen molar-refractivity contribution in [1.82, 2.24) is 0 Å². The average Bonchev–Trinajstić information content (AvgIpc) is 2.73. The van der Waals surface area contributed by atoms with E-state index < -0.39 is 39.1 Å². The molecule has 0 amide bonds. The van der Waals surface area contributed by atoms with Crippen LogP contribution in [-0.4, -0.2) is 32.5 Å². The number of aromatic carboxylic acids is 1. The van der Waals surface area contributed by atoms with E-state index in [4.69, 9.17) is 16.7 Å². The van der Waals surface area contributed by atoms with Crippen molar-refractivity contribution < 1.29 is 23.1 Å². The number of allylic oxidation sites excluding steroid dienone is 2. The Morgan fingerprint density at radius 2 is 2.00 bits per heavy atom. The topological polar surface area (TPSA) is 37.3 Å². The summed E-state index contributed by atoms with van der Waals surface area (Å²) >= 11 is 3.22. The number of hydrogen-bond acceptors (Lipinski definition) is 1. The Kier molecular flexibility index (Phi) is 4.01. The van der Waals surface area contributed by atoms with Crippen molar-refractivity contribution in [2.75, 3.05) is 0 Å². The molecule has 1 N–H and O–H groups in total. The molecule has 1 aliphatic heterocycles. The van der Waals surface area contributed by atoms with Crippen LogP contribution in [0.3, 0.4) is 0 Å². The molecule has 0 unspecified atom stereocenters. The van der Waals surface area contributed by atoms with Crippen LogP contribution in [0.15, 0.2) is 37.0 Å². The van der Waals surface area contributed by atoms with Crippen molar-refractivity contribution in [3.8, 4) is 0 Å². The van der Waals surface area contributed by atoms with E-state index >= 15 is 0 Å². The third-order valence-electron chi connectivity index (χ3n) is 2.80. The Morgan fingerprint density at radius 1 is 1.32 bits per heavy atom. The Labute approximate surface area is 119 Å². The average molecular weight is 390 g/mol. The fraction of sp³-hybridized carbons (Fsp3) is 0.0833. The molecule has 1 aromatic carbocycles. The minimum absolute atomic E-state index is 0.297. The van der Waals surface area contributed by atoms with Crippen LogP contribution in [0.5, 0.6) is 0 Å². The SMILES string of the molecule is O=C(O)c1cc(C(F)(F)F)cc[c]1[In]1[CH]=CC=[C]1Cl. The molecule has 0 spiro atoms. The van der Waals surface area contributed by atoms with Crippen molar-refractivity contribution in [2.24, 2.45) is 0 Å². The zero-order valence-electron chi connectivity index (χ0n) is 9.41. The molecule has 0 aliphatic carbocycles. The second-order valence-corrected chi connectivity index (χ2v) is 12.9. The van der Waals surface area contributed by atoms with Crippen LogP contribution in [0.25, 0.3) is 0 Å². The van der Waals surface area contributed by atoms with Crippen LogP contribution in [0, 0.1) is 0 Å². The van der Waals surface area contributed by atoms with Crippen LogP contribution >= 0.6 is 11.6 Å². The van der Waals surface area contributed by atoms with E-state index in [2.05, 4.69) is 0 Å². The van der Waals surface area contributed by atoms with E-state index in [-0.39, 0.29) is 5.56 Å². The number of rotatable bonds is 2. The van der Waals surface area contributed by atoms with Crippen LogP contribution in [0.4, 0.5) is 13.2 Å². The van der Waals surface area contributed by atoms with E-state index in [1.807, 2.05) is 3.83 Å². The number of alkyl halides is 3. The molecule has 1 aromatic rings. The Hall–Kier alpha value is -0.880. The third kappa shape index (κ3) is 3.00. The molecule has 2 rings (SSSR count). The number of halogens is 4. The van der Waals surface area contributed by atoms with Crippen LogP contribution < -0.4 is 3.32 Å². The van der Waals surface area contributed by atoms with E-state index in [0.717, 1.165) is 6.07 Å². The molecule has 1 aliphatic rings. The molecule has 98 valence electrons. The van der Waals surface area contributed by atoms with Gasteiger partial charge in [0.25, 0.3) is 0 Å².